The molecule has 0 spiro atoms. The maximum atomic E-state index is 13.7. The van der Waals surface area contributed by atoms with Crippen LogP contribution in [0.2, 0.25) is 15.1 Å². The van der Waals surface area contributed by atoms with Gasteiger partial charge in [-0.3, -0.25) is 9.59 Å². The summed E-state index contributed by atoms with van der Waals surface area (Å²) >= 11 is 20.4. The molecule has 3 aromatic rings. The van der Waals surface area contributed by atoms with Gasteiger partial charge in [-0.25, -0.2) is 0 Å². The average Bonchev–Trinajstić information content (AvgIpc) is 2.89. The molecule has 0 unspecified atom stereocenters. The molecule has 0 radical (unpaired) electrons. The van der Waals surface area contributed by atoms with Gasteiger partial charge in [0.1, 0.15) is 6.04 Å². The summed E-state index contributed by atoms with van der Waals surface area (Å²) in [6.07, 6.45) is 2.21. The third-order valence-electron chi connectivity index (χ3n) is 5.90. The predicted octanol–water partition coefficient (Wildman–Crippen LogP) is 7.44. The van der Waals surface area contributed by atoms with Crippen molar-refractivity contribution in [3.63, 3.8) is 0 Å². The van der Waals surface area contributed by atoms with Gasteiger partial charge in [-0.15, -0.1) is 11.8 Å². The Bertz CT molecular complexity index is 1140. The summed E-state index contributed by atoms with van der Waals surface area (Å²) in [5.41, 5.74) is 2.66. The normalized spacial score (nSPS) is 11.7. The van der Waals surface area contributed by atoms with E-state index < -0.39 is 6.04 Å². The first kappa shape index (κ1) is 29.4. The molecule has 0 aromatic heterocycles. The third-order valence-corrected chi connectivity index (χ3v) is 7.85. The van der Waals surface area contributed by atoms with Gasteiger partial charge in [0, 0.05) is 45.9 Å². The first-order valence-electron chi connectivity index (χ1n) is 12.2. The van der Waals surface area contributed by atoms with Crippen LogP contribution in [0, 0.1) is 0 Å². The number of benzene rings is 3. The molecular formula is C29H31Cl3N2O2S. The first-order chi connectivity index (χ1) is 17.9. The monoisotopic (exact) mass is 576 g/mol. The van der Waals surface area contributed by atoms with E-state index in [2.05, 4.69) is 12.2 Å². The van der Waals surface area contributed by atoms with E-state index in [0.717, 1.165) is 24.0 Å². The van der Waals surface area contributed by atoms with Crippen LogP contribution in [0.1, 0.15) is 36.5 Å². The largest absolute Gasteiger partial charge is 0.354 e. The molecule has 0 bridgehead atoms. The summed E-state index contributed by atoms with van der Waals surface area (Å²) in [6, 6.07) is 21.8. The number of carbonyl (C=O) groups excluding carboxylic acids is 2. The van der Waals surface area contributed by atoms with E-state index in [4.69, 9.17) is 34.8 Å². The Hall–Kier alpha value is -2.18. The van der Waals surface area contributed by atoms with Crippen molar-refractivity contribution in [1.82, 2.24) is 10.2 Å². The van der Waals surface area contributed by atoms with Gasteiger partial charge < -0.3 is 10.2 Å². The molecule has 4 nitrogen and oxygen atoms in total. The van der Waals surface area contributed by atoms with Crippen molar-refractivity contribution in [2.24, 2.45) is 0 Å². The second kappa shape index (κ2) is 15.3. The Balaban J connectivity index is 1.87. The maximum Gasteiger partial charge on any atom is 0.243 e. The van der Waals surface area contributed by atoms with E-state index in [1.54, 1.807) is 23.1 Å². The fourth-order valence-electron chi connectivity index (χ4n) is 3.83. The van der Waals surface area contributed by atoms with Crippen molar-refractivity contribution < 1.29 is 9.59 Å². The lowest BCUT2D eigenvalue weighted by Crippen LogP contribution is -2.51. The summed E-state index contributed by atoms with van der Waals surface area (Å²) in [5.74, 6) is 0.520. The summed E-state index contributed by atoms with van der Waals surface area (Å²) in [5, 5.41) is 4.62. The van der Waals surface area contributed by atoms with Crippen molar-refractivity contribution >= 4 is 58.4 Å². The highest BCUT2D eigenvalue weighted by Gasteiger charge is 2.31. The second-order valence-corrected chi connectivity index (χ2v) is 10.9. The van der Waals surface area contributed by atoms with Crippen LogP contribution in [0.3, 0.4) is 0 Å². The molecule has 0 aliphatic heterocycles. The van der Waals surface area contributed by atoms with Crippen molar-refractivity contribution in [3.05, 3.63) is 105 Å². The summed E-state index contributed by atoms with van der Waals surface area (Å²) in [4.78, 5) is 28.8. The zero-order valence-corrected chi connectivity index (χ0v) is 23.8. The fraction of sp³-hybridized carbons (Fsp3) is 0.310. The molecule has 3 rings (SSSR count). The Kier molecular flexibility index (Phi) is 12.1. The Morgan fingerprint density at radius 3 is 2.22 bits per heavy atom. The molecule has 1 N–H and O–H groups in total. The zero-order valence-electron chi connectivity index (χ0n) is 20.8. The van der Waals surface area contributed by atoms with E-state index in [0.29, 0.717) is 39.3 Å². The molecule has 0 aliphatic rings. The first-order valence-corrected chi connectivity index (χ1v) is 14.5. The quantitative estimate of drug-likeness (QED) is 0.215. The lowest BCUT2D eigenvalue weighted by molar-refractivity contribution is -0.139. The lowest BCUT2D eigenvalue weighted by Gasteiger charge is -2.32. The molecule has 2 amide bonds. The molecule has 0 saturated heterocycles. The van der Waals surface area contributed by atoms with Gasteiger partial charge in [0.25, 0.3) is 0 Å². The highest BCUT2D eigenvalue weighted by molar-refractivity contribution is 7.99. The Morgan fingerprint density at radius 1 is 0.892 bits per heavy atom. The third kappa shape index (κ3) is 9.26. The van der Waals surface area contributed by atoms with Gasteiger partial charge in [-0.2, -0.15) is 0 Å². The van der Waals surface area contributed by atoms with Gasteiger partial charge >= 0.3 is 0 Å². The zero-order chi connectivity index (χ0) is 26.6. The maximum absolute atomic E-state index is 13.7. The number of halogens is 3. The van der Waals surface area contributed by atoms with Crippen molar-refractivity contribution in [2.45, 2.75) is 44.5 Å². The highest BCUT2D eigenvalue weighted by Crippen LogP contribution is 2.28. The number of carbonyl (C=O) groups is 2. The average molecular weight is 578 g/mol. The van der Waals surface area contributed by atoms with E-state index in [1.165, 1.54) is 11.8 Å². The lowest BCUT2D eigenvalue weighted by atomic mass is 10.0. The van der Waals surface area contributed by atoms with Gasteiger partial charge in [-0.05, 0) is 41.8 Å². The Morgan fingerprint density at radius 2 is 1.57 bits per heavy atom. The molecule has 8 heteroatoms. The molecule has 3 aromatic carbocycles. The smallest absolute Gasteiger partial charge is 0.243 e. The van der Waals surface area contributed by atoms with Crippen LogP contribution >= 0.6 is 46.6 Å². The minimum absolute atomic E-state index is 0.136. The van der Waals surface area contributed by atoms with Crippen LogP contribution in [0.15, 0.2) is 72.8 Å². The van der Waals surface area contributed by atoms with Crippen LogP contribution in [0.25, 0.3) is 0 Å². The molecule has 0 saturated carbocycles. The number of unbranched alkanes of at least 4 members (excludes halogenated alkanes) is 1. The molecule has 0 fully saturated rings. The summed E-state index contributed by atoms with van der Waals surface area (Å²) < 4.78 is 0. The number of amides is 2. The molecule has 37 heavy (non-hydrogen) atoms. The molecule has 0 heterocycles. The van der Waals surface area contributed by atoms with Crippen molar-refractivity contribution in [1.29, 1.82) is 0 Å². The van der Waals surface area contributed by atoms with Gasteiger partial charge in [0.2, 0.25) is 11.8 Å². The SMILES string of the molecule is CCCCNC(=O)[C@@H](Cc1ccccc1)N(Cc1c(Cl)cccc1Cl)C(=O)CSCc1ccc(Cl)cc1. The standard InChI is InChI=1S/C29H31Cl3N2O2S/c1-2-3-16-33-29(36)27(17-21-8-5-4-6-9-21)34(18-24-25(31)10-7-11-26(24)32)28(35)20-37-19-22-12-14-23(30)15-13-22/h4-15,27H,2-3,16-20H2,1H3,(H,33,36)/t27-/m1/s1. The van der Waals surface area contributed by atoms with Crippen LogP contribution in [0.5, 0.6) is 0 Å². The highest BCUT2D eigenvalue weighted by atomic mass is 35.5. The van der Waals surface area contributed by atoms with E-state index in [1.807, 2.05) is 54.6 Å². The second-order valence-electron chi connectivity index (χ2n) is 8.69. The number of nitrogens with one attached hydrogen (secondary N) is 1. The predicted molar refractivity (Wildman–Crippen MR) is 156 cm³/mol. The summed E-state index contributed by atoms with van der Waals surface area (Å²) in [7, 11) is 0. The molecular weight excluding hydrogens is 547 g/mol. The number of nitrogens with zero attached hydrogens (tertiary/aromatic N) is 1. The number of hydrogen-bond acceptors (Lipinski definition) is 3. The Labute approximate surface area is 238 Å². The molecule has 196 valence electrons. The van der Waals surface area contributed by atoms with Gasteiger partial charge in [0.15, 0.2) is 0 Å². The van der Waals surface area contributed by atoms with Crippen molar-refractivity contribution in [2.75, 3.05) is 12.3 Å². The molecule has 1 atom stereocenters. The number of hydrogen-bond donors (Lipinski definition) is 1. The van der Waals surface area contributed by atoms with Crippen LogP contribution < -0.4 is 5.32 Å². The van der Waals surface area contributed by atoms with Crippen LogP contribution in [-0.4, -0.2) is 35.1 Å². The summed E-state index contributed by atoms with van der Waals surface area (Å²) in [6.45, 7) is 2.76. The number of thioether (sulfide) groups is 1. The van der Waals surface area contributed by atoms with Gasteiger partial charge in [-0.1, -0.05) is 96.7 Å². The van der Waals surface area contributed by atoms with E-state index in [-0.39, 0.29) is 24.1 Å². The van der Waals surface area contributed by atoms with Crippen LogP contribution in [-0.2, 0) is 28.3 Å². The fourth-order valence-corrected chi connectivity index (χ4v) is 5.35. The number of rotatable bonds is 13. The van der Waals surface area contributed by atoms with Crippen molar-refractivity contribution in [3.8, 4) is 0 Å². The molecule has 0 aliphatic carbocycles. The topological polar surface area (TPSA) is 49.4 Å². The van der Waals surface area contributed by atoms with E-state index in [9.17, 15) is 9.59 Å². The van der Waals surface area contributed by atoms with Gasteiger partial charge in [0.05, 0.1) is 5.75 Å². The van der Waals surface area contributed by atoms with Crippen LogP contribution in [0.4, 0.5) is 0 Å². The van der Waals surface area contributed by atoms with E-state index >= 15 is 0 Å². The minimum atomic E-state index is -0.713. The minimum Gasteiger partial charge on any atom is -0.354 e.